The molecule has 0 saturated heterocycles. The van der Waals surface area contributed by atoms with Gasteiger partial charge >= 0.3 is 5.97 Å². The lowest BCUT2D eigenvalue weighted by molar-refractivity contribution is -0.141. The summed E-state index contributed by atoms with van der Waals surface area (Å²) >= 11 is 0. The first kappa shape index (κ1) is 32.1. The molecule has 1 aliphatic carbocycles. The van der Waals surface area contributed by atoms with Gasteiger partial charge in [-0.15, -0.1) is 0 Å². The minimum absolute atomic E-state index is 0.142. The van der Waals surface area contributed by atoms with Gasteiger partial charge in [0.05, 0.1) is 23.7 Å². The third-order valence-electron chi connectivity index (χ3n) is 8.45. The van der Waals surface area contributed by atoms with Crippen molar-refractivity contribution in [3.63, 3.8) is 0 Å². The van der Waals surface area contributed by atoms with Crippen LogP contribution in [0.1, 0.15) is 119 Å². The summed E-state index contributed by atoms with van der Waals surface area (Å²) in [7, 11) is 0. The number of aliphatic hydroxyl groups is 2. The van der Waals surface area contributed by atoms with Crippen molar-refractivity contribution >= 4 is 5.97 Å². The van der Waals surface area contributed by atoms with Crippen LogP contribution in [0.4, 0.5) is 0 Å². The first-order valence-corrected chi connectivity index (χ1v) is 14.3. The van der Waals surface area contributed by atoms with Crippen LogP contribution in [0.3, 0.4) is 0 Å². The molecule has 5 heteroatoms. The maximum atomic E-state index is 10.9. The van der Waals surface area contributed by atoms with Crippen LogP contribution in [0.25, 0.3) is 0 Å². The van der Waals surface area contributed by atoms with E-state index in [0.717, 1.165) is 38.5 Å². The molecule has 206 valence electrons. The molecule has 0 heterocycles. The average molecular weight is 497 g/mol. The zero-order valence-corrected chi connectivity index (χ0v) is 23.8. The largest absolute Gasteiger partial charge is 0.481 e. The monoisotopic (exact) mass is 496 g/mol. The number of aliphatic carboxylic acids is 1. The maximum Gasteiger partial charge on any atom is 0.306 e. The van der Waals surface area contributed by atoms with Gasteiger partial charge in [-0.3, -0.25) is 4.79 Å². The second-order valence-electron chi connectivity index (χ2n) is 12.0. The zero-order chi connectivity index (χ0) is 26.6. The topological polar surface area (TPSA) is 87.0 Å². The fraction of sp³-hybridized carbons (Fsp3) is 0.900. The van der Waals surface area contributed by atoms with Crippen molar-refractivity contribution in [1.82, 2.24) is 0 Å². The number of hydrogen-bond acceptors (Lipinski definition) is 4. The summed E-state index contributed by atoms with van der Waals surface area (Å²) < 4.78 is 6.05. The molecule has 5 nitrogen and oxygen atoms in total. The fourth-order valence-corrected chi connectivity index (χ4v) is 5.44. The maximum absolute atomic E-state index is 10.9. The van der Waals surface area contributed by atoms with Crippen LogP contribution in [0.15, 0.2) is 11.6 Å². The molecule has 1 aliphatic rings. The van der Waals surface area contributed by atoms with E-state index in [1.807, 2.05) is 13.8 Å². The lowest BCUT2D eigenvalue weighted by atomic mass is 9.76. The molecule has 0 bridgehead atoms. The van der Waals surface area contributed by atoms with E-state index in [1.54, 1.807) is 6.92 Å². The Morgan fingerprint density at radius 1 is 0.971 bits per heavy atom. The molecule has 7 unspecified atom stereocenters. The highest BCUT2D eigenvalue weighted by atomic mass is 16.5. The predicted molar refractivity (Wildman–Crippen MR) is 144 cm³/mol. The van der Waals surface area contributed by atoms with Crippen molar-refractivity contribution in [3.05, 3.63) is 11.6 Å². The van der Waals surface area contributed by atoms with Crippen LogP contribution in [0.2, 0.25) is 0 Å². The SMILES string of the molecule is CCOC1C(CC[C@H](C)CCCC(C)CCCC(C)(O)CCCC(C)C(=O)O)=CC(O)C(C)C1C. The van der Waals surface area contributed by atoms with Gasteiger partial charge in [-0.1, -0.05) is 72.8 Å². The van der Waals surface area contributed by atoms with Gasteiger partial charge in [0, 0.05) is 6.61 Å². The predicted octanol–water partition coefficient (Wildman–Crippen LogP) is 7.00. The van der Waals surface area contributed by atoms with E-state index < -0.39 is 11.6 Å². The van der Waals surface area contributed by atoms with Gasteiger partial charge in [0.1, 0.15) is 0 Å². The molecule has 0 spiro atoms. The highest BCUT2D eigenvalue weighted by molar-refractivity contribution is 5.69. The summed E-state index contributed by atoms with van der Waals surface area (Å²) in [5.74, 6) is 0.805. The van der Waals surface area contributed by atoms with E-state index in [-0.39, 0.29) is 24.0 Å². The summed E-state index contributed by atoms with van der Waals surface area (Å²) in [5, 5.41) is 30.0. The quantitative estimate of drug-likeness (QED) is 0.178. The smallest absolute Gasteiger partial charge is 0.306 e. The Bertz CT molecular complexity index is 628. The summed E-state index contributed by atoms with van der Waals surface area (Å²) in [5.41, 5.74) is 0.595. The summed E-state index contributed by atoms with van der Waals surface area (Å²) in [6, 6.07) is 0. The van der Waals surface area contributed by atoms with Gasteiger partial charge in [-0.2, -0.15) is 0 Å². The number of carbonyl (C=O) groups is 1. The Labute approximate surface area is 215 Å². The minimum atomic E-state index is -0.753. The van der Waals surface area contributed by atoms with Crippen molar-refractivity contribution in [2.75, 3.05) is 6.61 Å². The Hall–Kier alpha value is -0.910. The van der Waals surface area contributed by atoms with Crippen LogP contribution < -0.4 is 0 Å². The molecular formula is C30H56O5. The van der Waals surface area contributed by atoms with E-state index in [2.05, 4.69) is 33.8 Å². The van der Waals surface area contributed by atoms with E-state index >= 15 is 0 Å². The van der Waals surface area contributed by atoms with Crippen molar-refractivity contribution in [1.29, 1.82) is 0 Å². The first-order chi connectivity index (χ1) is 16.4. The molecule has 0 saturated carbocycles. The Morgan fingerprint density at radius 3 is 2.09 bits per heavy atom. The van der Waals surface area contributed by atoms with E-state index in [9.17, 15) is 15.0 Å². The third kappa shape index (κ3) is 12.3. The number of carboxylic acid groups (broad SMARTS) is 1. The average Bonchev–Trinajstić information content (AvgIpc) is 2.78. The summed E-state index contributed by atoms with van der Waals surface area (Å²) in [6.07, 6.45) is 12.7. The van der Waals surface area contributed by atoms with E-state index in [1.165, 1.54) is 24.8 Å². The summed E-state index contributed by atoms with van der Waals surface area (Å²) in [4.78, 5) is 10.9. The van der Waals surface area contributed by atoms with Crippen LogP contribution >= 0.6 is 0 Å². The molecule has 0 aromatic rings. The van der Waals surface area contributed by atoms with Crippen LogP contribution in [0.5, 0.6) is 0 Å². The van der Waals surface area contributed by atoms with E-state index in [4.69, 9.17) is 9.84 Å². The molecule has 1 rings (SSSR count). The highest BCUT2D eigenvalue weighted by Crippen LogP contribution is 2.35. The molecule has 8 atom stereocenters. The van der Waals surface area contributed by atoms with Gasteiger partial charge in [0.25, 0.3) is 0 Å². The number of rotatable bonds is 18. The fourth-order valence-electron chi connectivity index (χ4n) is 5.44. The zero-order valence-electron chi connectivity index (χ0n) is 23.8. The molecule has 3 N–H and O–H groups in total. The Kier molecular flexibility index (Phi) is 14.7. The molecule has 0 radical (unpaired) electrons. The molecule has 0 amide bonds. The standard InChI is InChI=1S/C30H56O5/c1-8-35-28-25(6)24(5)27(31)20-26(28)17-16-22(3)13-9-12-21(2)14-10-18-30(7,34)19-11-15-23(4)29(32)33/h20-25,27-28,31,34H,8-19H2,1-7H3,(H,32,33)/t21?,22-,23?,24?,25?,27?,28?,30?/m1/s1. The first-order valence-electron chi connectivity index (χ1n) is 14.3. The number of hydrogen-bond donors (Lipinski definition) is 3. The molecule has 0 aliphatic heterocycles. The molecule has 0 aromatic carbocycles. The number of carboxylic acids is 1. The Morgan fingerprint density at radius 2 is 1.51 bits per heavy atom. The van der Waals surface area contributed by atoms with Crippen LogP contribution in [-0.4, -0.2) is 45.7 Å². The van der Waals surface area contributed by atoms with Gasteiger partial charge < -0.3 is 20.1 Å². The van der Waals surface area contributed by atoms with Crippen molar-refractivity contribution in [2.24, 2.45) is 29.6 Å². The lowest BCUT2D eigenvalue weighted by Gasteiger charge is -2.37. The Balaban J connectivity index is 2.26. The molecule has 0 fully saturated rings. The normalized spacial score (nSPS) is 27.1. The van der Waals surface area contributed by atoms with Gasteiger partial charge in [0.15, 0.2) is 0 Å². The van der Waals surface area contributed by atoms with Crippen molar-refractivity contribution in [2.45, 2.75) is 137 Å². The lowest BCUT2D eigenvalue weighted by Crippen LogP contribution is -2.39. The number of ether oxygens (including phenoxy) is 1. The van der Waals surface area contributed by atoms with Crippen molar-refractivity contribution in [3.8, 4) is 0 Å². The van der Waals surface area contributed by atoms with E-state index in [0.29, 0.717) is 37.2 Å². The van der Waals surface area contributed by atoms with Gasteiger partial charge in [0.2, 0.25) is 0 Å². The van der Waals surface area contributed by atoms with Gasteiger partial charge in [-0.25, -0.2) is 0 Å². The van der Waals surface area contributed by atoms with Crippen LogP contribution in [-0.2, 0) is 9.53 Å². The molecule has 35 heavy (non-hydrogen) atoms. The second kappa shape index (κ2) is 16.0. The number of aliphatic hydroxyl groups excluding tert-OH is 1. The minimum Gasteiger partial charge on any atom is -0.481 e. The molecule has 0 aromatic heterocycles. The van der Waals surface area contributed by atoms with Crippen molar-refractivity contribution < 1.29 is 24.9 Å². The summed E-state index contributed by atoms with van der Waals surface area (Å²) in [6.45, 7) is 15.4. The molecular weight excluding hydrogens is 440 g/mol. The van der Waals surface area contributed by atoms with Crippen LogP contribution in [0, 0.1) is 29.6 Å². The van der Waals surface area contributed by atoms with Gasteiger partial charge in [-0.05, 0) is 81.6 Å². The second-order valence-corrected chi connectivity index (χ2v) is 12.0. The highest BCUT2D eigenvalue weighted by Gasteiger charge is 2.34. The third-order valence-corrected chi connectivity index (χ3v) is 8.45.